The number of fused-ring (bicyclic) bond motifs is 4. The molecule has 3 aromatic carbocycles. The van der Waals surface area contributed by atoms with E-state index in [0.29, 0.717) is 40.8 Å². The summed E-state index contributed by atoms with van der Waals surface area (Å²) in [6.45, 7) is 10.2. The molecule has 0 radical (unpaired) electrons. The number of hydrogen-bond donors (Lipinski definition) is 7. The van der Waals surface area contributed by atoms with Crippen molar-refractivity contribution in [1.29, 1.82) is 0 Å². The van der Waals surface area contributed by atoms with E-state index in [4.69, 9.17) is 22.3 Å². The minimum Gasteiger partial charge on any atom is -0.368 e. The highest BCUT2D eigenvalue weighted by atomic mass is 35.5. The number of rotatable bonds is 9. The third kappa shape index (κ3) is 13.3. The van der Waals surface area contributed by atoms with Gasteiger partial charge in [-0.1, -0.05) is 99.1 Å². The Morgan fingerprint density at radius 2 is 1.50 bits per heavy atom. The summed E-state index contributed by atoms with van der Waals surface area (Å²) in [5.74, 6) is -5.11. The quantitative estimate of drug-likeness (QED) is 0.112. The van der Waals surface area contributed by atoms with Crippen LogP contribution in [0.5, 0.6) is 0 Å². The van der Waals surface area contributed by atoms with Crippen molar-refractivity contribution in [2.24, 2.45) is 16.1 Å². The van der Waals surface area contributed by atoms with Crippen LogP contribution in [0.2, 0.25) is 5.02 Å². The molecule has 6 atom stereocenters. The molecular formula is C55H63ClN12O8S2. The average Bonchev–Trinajstić information content (AvgIpc) is 4.28. The third-order valence-corrected chi connectivity index (χ3v) is 16.4. The van der Waals surface area contributed by atoms with Gasteiger partial charge in [0, 0.05) is 46.3 Å². The van der Waals surface area contributed by atoms with Crippen molar-refractivity contribution in [3.05, 3.63) is 123 Å². The van der Waals surface area contributed by atoms with Crippen LogP contribution in [0.25, 0.3) is 16.1 Å². The van der Waals surface area contributed by atoms with Crippen LogP contribution >= 0.6 is 34.7 Å². The number of carbonyl (C=O) groups is 8. The largest absolute Gasteiger partial charge is 0.368 e. The SMILES string of the molecule is Cc1sc2c(c1C)C(c1ccc(Cl)cc1)=N[C@@H](CC(=O)NC[C@H]1NC(=O)CNC(=O)[C@H](Cc3ccc(-c4ccccc4)cc3)NC(=O)[C@@H]3CCCN3C(=O)C(C(C)(C)C)NC(=O)CSC[C@H](C(N)=O)NC1=O)c1nnc(C)n1-2. The molecule has 23 heteroatoms. The van der Waals surface area contributed by atoms with Crippen LogP contribution < -0.4 is 37.6 Å². The van der Waals surface area contributed by atoms with Gasteiger partial charge in [0.2, 0.25) is 47.3 Å². The number of nitrogens with zero attached hydrogens (tertiary/aromatic N) is 5. The van der Waals surface area contributed by atoms with Crippen molar-refractivity contribution < 1.29 is 38.4 Å². The van der Waals surface area contributed by atoms with Gasteiger partial charge in [-0.3, -0.25) is 47.9 Å². The Balaban J connectivity index is 1.06. The summed E-state index contributed by atoms with van der Waals surface area (Å²) >= 11 is 8.81. The molecule has 3 aliphatic heterocycles. The number of aryl methyl sites for hydroxylation is 2. The number of carbonyl (C=O) groups excluding carboxylic acids is 8. The first-order valence-corrected chi connectivity index (χ1v) is 27.9. The van der Waals surface area contributed by atoms with Gasteiger partial charge in [-0.2, -0.15) is 0 Å². The molecule has 0 saturated carbocycles. The van der Waals surface area contributed by atoms with Gasteiger partial charge in [0.15, 0.2) is 5.82 Å². The molecule has 5 aromatic rings. The van der Waals surface area contributed by atoms with Crippen molar-refractivity contribution in [3.63, 3.8) is 0 Å². The Kier molecular flexibility index (Phi) is 17.8. The molecule has 1 unspecified atom stereocenters. The molecule has 0 spiro atoms. The molecule has 2 saturated heterocycles. The molecule has 3 aliphatic rings. The summed E-state index contributed by atoms with van der Waals surface area (Å²) < 4.78 is 1.89. The number of aliphatic imine (C=N–C) groups is 1. The van der Waals surface area contributed by atoms with Crippen LogP contribution in [0.1, 0.15) is 84.9 Å². The van der Waals surface area contributed by atoms with Crippen LogP contribution in [0.4, 0.5) is 0 Å². The number of amides is 8. The Bertz CT molecular complexity index is 3140. The number of thiophene rings is 1. The van der Waals surface area contributed by atoms with E-state index in [1.807, 2.05) is 92.1 Å². The Labute approximate surface area is 464 Å². The highest BCUT2D eigenvalue weighted by Gasteiger charge is 2.43. The van der Waals surface area contributed by atoms with E-state index in [1.165, 1.54) is 4.90 Å². The number of halogens is 1. The molecule has 0 aliphatic carbocycles. The Morgan fingerprint density at radius 1 is 0.808 bits per heavy atom. The standard InChI is InChI=1S/C55H63ClN12O8S2/c1-29-30(2)78-54-45(29)46(35-18-20-36(56)21-19-35)61-37(49-66-65-31(3)68(49)54)24-42(69)58-25-39-51(74)63-40(48(57)72)27-77-28-44(71)64-47(55(4,5)6)53(76)67-22-10-13-41(67)52(75)62-38(50(73)59-26-43(70)60-39)23-32-14-16-34(17-15-32)33-11-8-7-9-12-33/h7-9,11-12,14-21,37-41,47H,10,13,22-28H2,1-6H3,(H2,57,72)(H,58,69)(H,59,73)(H,60,70)(H,62,75)(H,63,74)(H,64,71)/t37-,38-,39+,40+,41-,47?/m0/s1. The highest BCUT2D eigenvalue weighted by molar-refractivity contribution is 8.00. The maximum atomic E-state index is 14.3. The zero-order chi connectivity index (χ0) is 56.0. The lowest BCUT2D eigenvalue weighted by Gasteiger charge is -2.35. The second-order valence-electron chi connectivity index (χ2n) is 20.6. The van der Waals surface area contributed by atoms with E-state index in [0.717, 1.165) is 49.5 Å². The van der Waals surface area contributed by atoms with Crippen LogP contribution in [-0.2, 0) is 44.8 Å². The van der Waals surface area contributed by atoms with Gasteiger partial charge >= 0.3 is 0 Å². The van der Waals surface area contributed by atoms with Crippen LogP contribution in [-0.4, -0.2) is 134 Å². The Morgan fingerprint density at radius 3 is 2.19 bits per heavy atom. The van der Waals surface area contributed by atoms with Crippen LogP contribution in [0.15, 0.2) is 83.9 Å². The summed E-state index contributed by atoms with van der Waals surface area (Å²) in [5.41, 5.74) is 10.8. The minimum atomic E-state index is -1.54. The Hall–Kier alpha value is -7.43. The summed E-state index contributed by atoms with van der Waals surface area (Å²) in [6, 6.07) is 17.3. The van der Waals surface area contributed by atoms with E-state index in [9.17, 15) is 38.4 Å². The third-order valence-electron chi connectivity index (χ3n) is 13.9. The smallest absolute Gasteiger partial charge is 0.246 e. The number of benzene rings is 3. The maximum absolute atomic E-state index is 14.3. The highest BCUT2D eigenvalue weighted by Crippen LogP contribution is 2.40. The first kappa shape index (κ1) is 56.8. The number of nitrogens with one attached hydrogen (secondary N) is 6. The predicted octanol–water partition coefficient (Wildman–Crippen LogP) is 3.54. The fraction of sp³-hybridized carbons (Fsp3) is 0.400. The van der Waals surface area contributed by atoms with Gasteiger partial charge in [0.25, 0.3) is 0 Å². The lowest BCUT2D eigenvalue weighted by Crippen LogP contribution is -2.59. The first-order chi connectivity index (χ1) is 37.2. The lowest BCUT2D eigenvalue weighted by molar-refractivity contribution is -0.144. The molecule has 2 fully saturated rings. The van der Waals surface area contributed by atoms with E-state index < -0.39 is 102 Å². The zero-order valence-electron chi connectivity index (χ0n) is 44.1. The molecule has 8 N–H and O–H groups in total. The van der Waals surface area contributed by atoms with Gasteiger partial charge in [-0.15, -0.1) is 33.3 Å². The summed E-state index contributed by atoms with van der Waals surface area (Å²) in [6.07, 6.45) is 0.505. The fourth-order valence-corrected chi connectivity index (χ4v) is 11.8. The van der Waals surface area contributed by atoms with Crippen molar-refractivity contribution >= 4 is 87.7 Å². The molecule has 78 heavy (non-hydrogen) atoms. The second kappa shape index (κ2) is 24.5. The van der Waals surface area contributed by atoms with Crippen molar-refractivity contribution in [2.45, 2.75) is 103 Å². The minimum absolute atomic E-state index is 0.00554. The van der Waals surface area contributed by atoms with Crippen LogP contribution in [0, 0.1) is 26.2 Å². The molecule has 2 aromatic heterocycles. The molecule has 8 amide bonds. The number of hydrogen-bond acceptors (Lipinski definition) is 13. The topological polar surface area (TPSA) is 281 Å². The zero-order valence-corrected chi connectivity index (χ0v) is 46.5. The van der Waals surface area contributed by atoms with Crippen molar-refractivity contribution in [2.75, 3.05) is 31.1 Å². The first-order valence-electron chi connectivity index (χ1n) is 25.6. The van der Waals surface area contributed by atoms with Gasteiger partial charge in [0.05, 0.1) is 24.4 Å². The molecule has 20 nitrogen and oxygen atoms in total. The molecule has 410 valence electrons. The van der Waals surface area contributed by atoms with Gasteiger partial charge in [0.1, 0.15) is 47.1 Å². The summed E-state index contributed by atoms with van der Waals surface area (Å²) in [5, 5.41) is 26.3. The summed E-state index contributed by atoms with van der Waals surface area (Å²) in [4.78, 5) is 119. The van der Waals surface area contributed by atoms with Crippen molar-refractivity contribution in [1.82, 2.24) is 51.6 Å². The van der Waals surface area contributed by atoms with Crippen molar-refractivity contribution in [3.8, 4) is 16.1 Å². The van der Waals surface area contributed by atoms with Gasteiger partial charge < -0.3 is 42.5 Å². The molecule has 0 bridgehead atoms. The summed E-state index contributed by atoms with van der Waals surface area (Å²) in [7, 11) is 0. The van der Waals surface area contributed by atoms with E-state index in [-0.39, 0.29) is 30.9 Å². The number of primary amides is 1. The fourth-order valence-electron chi connectivity index (χ4n) is 9.58. The predicted molar refractivity (Wildman–Crippen MR) is 298 cm³/mol. The van der Waals surface area contributed by atoms with E-state index in [1.54, 1.807) is 44.2 Å². The monoisotopic (exact) mass is 1120 g/mol. The van der Waals surface area contributed by atoms with Gasteiger partial charge in [-0.05, 0) is 73.4 Å². The molecular weight excluding hydrogens is 1060 g/mol. The number of thioether (sulfide) groups is 1. The number of nitrogens with two attached hydrogens (primary N) is 1. The maximum Gasteiger partial charge on any atom is 0.246 e. The molecule has 8 rings (SSSR count). The normalized spacial score (nSPS) is 21.9. The number of aromatic nitrogens is 3. The molecule has 5 heterocycles. The van der Waals surface area contributed by atoms with Crippen LogP contribution in [0.3, 0.4) is 0 Å². The van der Waals surface area contributed by atoms with E-state index >= 15 is 0 Å². The van der Waals surface area contributed by atoms with Gasteiger partial charge in [-0.25, -0.2) is 0 Å². The second-order valence-corrected chi connectivity index (χ2v) is 23.3. The van der Waals surface area contributed by atoms with E-state index in [2.05, 4.69) is 42.1 Å². The lowest BCUT2D eigenvalue weighted by atomic mass is 9.85. The average molecular weight is 1120 g/mol.